The Bertz CT molecular complexity index is 1010. The first kappa shape index (κ1) is 16.4. The van der Waals surface area contributed by atoms with E-state index in [0.29, 0.717) is 27.4 Å². The minimum Gasteiger partial charge on any atom is -0.316 e. The van der Waals surface area contributed by atoms with E-state index in [2.05, 4.69) is 4.99 Å². The van der Waals surface area contributed by atoms with Gasteiger partial charge in [-0.15, -0.1) is 0 Å². The zero-order chi connectivity index (χ0) is 17.3. The summed E-state index contributed by atoms with van der Waals surface area (Å²) >= 11 is 7.14. The zero-order valence-corrected chi connectivity index (χ0v) is 14.2. The van der Waals surface area contributed by atoms with Gasteiger partial charge in [-0.05, 0) is 37.3 Å². The molecule has 0 bridgehead atoms. The number of amides is 1. The van der Waals surface area contributed by atoms with E-state index in [1.807, 2.05) is 6.92 Å². The molecule has 0 radical (unpaired) electrons. The molecule has 3 aromatic rings. The van der Waals surface area contributed by atoms with E-state index in [1.54, 1.807) is 34.9 Å². The molecular weight excluding hydrogens is 350 g/mol. The summed E-state index contributed by atoms with van der Waals surface area (Å²) in [5.41, 5.74) is 1.14. The minimum absolute atomic E-state index is 0.0121. The third-order valence-corrected chi connectivity index (χ3v) is 4.79. The number of carbonyl (C=O) groups is 1. The Hall–Kier alpha value is -2.51. The Kier molecular flexibility index (Phi) is 4.46. The summed E-state index contributed by atoms with van der Waals surface area (Å²) in [6.45, 7) is 2.45. The van der Waals surface area contributed by atoms with Crippen LogP contribution in [-0.2, 0) is 6.54 Å². The average Bonchev–Trinajstić information content (AvgIpc) is 2.91. The van der Waals surface area contributed by atoms with Crippen molar-refractivity contribution >= 4 is 44.7 Å². The second kappa shape index (κ2) is 6.54. The van der Waals surface area contributed by atoms with E-state index in [-0.39, 0.29) is 11.6 Å². The van der Waals surface area contributed by atoms with Gasteiger partial charge < -0.3 is 4.57 Å². The largest absolute Gasteiger partial charge is 0.316 e. The number of nitro groups is 1. The molecule has 24 heavy (non-hydrogen) atoms. The number of thiazole rings is 1. The lowest BCUT2D eigenvalue weighted by molar-refractivity contribution is -0.384. The third-order valence-electron chi connectivity index (χ3n) is 3.48. The fourth-order valence-corrected chi connectivity index (χ4v) is 3.50. The van der Waals surface area contributed by atoms with Gasteiger partial charge in [-0.1, -0.05) is 22.9 Å². The first-order valence-corrected chi connectivity index (χ1v) is 8.31. The number of aryl methyl sites for hydroxylation is 1. The number of nitrogens with zero attached hydrogens (tertiary/aromatic N) is 3. The summed E-state index contributed by atoms with van der Waals surface area (Å²) in [6.07, 6.45) is 0. The van der Waals surface area contributed by atoms with E-state index in [0.717, 1.165) is 4.70 Å². The van der Waals surface area contributed by atoms with Gasteiger partial charge in [0, 0.05) is 29.3 Å². The highest BCUT2D eigenvalue weighted by Crippen LogP contribution is 2.23. The molecular formula is C16H12ClN3O3S. The van der Waals surface area contributed by atoms with Crippen LogP contribution in [0.15, 0.2) is 47.5 Å². The van der Waals surface area contributed by atoms with Gasteiger partial charge >= 0.3 is 0 Å². The van der Waals surface area contributed by atoms with Crippen LogP contribution >= 0.6 is 22.9 Å². The number of aromatic nitrogens is 1. The molecule has 0 fully saturated rings. The molecule has 2 aromatic carbocycles. The topological polar surface area (TPSA) is 77.5 Å². The fraction of sp³-hybridized carbons (Fsp3) is 0.125. The van der Waals surface area contributed by atoms with Gasteiger partial charge in [-0.3, -0.25) is 14.9 Å². The van der Waals surface area contributed by atoms with Crippen molar-refractivity contribution in [2.75, 3.05) is 0 Å². The Morgan fingerprint density at radius 1 is 1.29 bits per heavy atom. The number of nitro benzene ring substituents is 1. The van der Waals surface area contributed by atoms with E-state index in [9.17, 15) is 14.9 Å². The molecule has 1 heterocycles. The lowest BCUT2D eigenvalue weighted by atomic mass is 10.2. The molecule has 0 spiro atoms. The average molecular weight is 362 g/mol. The van der Waals surface area contributed by atoms with Crippen LogP contribution in [-0.4, -0.2) is 15.4 Å². The number of hydrogen-bond donors (Lipinski definition) is 0. The summed E-state index contributed by atoms with van der Waals surface area (Å²) in [5.74, 6) is -0.380. The number of hydrogen-bond acceptors (Lipinski definition) is 4. The minimum atomic E-state index is -0.438. The van der Waals surface area contributed by atoms with Gasteiger partial charge in [-0.25, -0.2) is 0 Å². The van der Waals surface area contributed by atoms with E-state index >= 15 is 0 Å². The Morgan fingerprint density at radius 2 is 2.00 bits per heavy atom. The molecule has 8 heteroatoms. The maximum atomic E-state index is 12.3. The normalized spacial score (nSPS) is 11.8. The maximum absolute atomic E-state index is 12.3. The molecule has 0 unspecified atom stereocenters. The van der Waals surface area contributed by atoms with Crippen molar-refractivity contribution in [1.29, 1.82) is 0 Å². The molecule has 0 atom stereocenters. The van der Waals surface area contributed by atoms with Crippen molar-refractivity contribution in [3.8, 4) is 0 Å². The van der Waals surface area contributed by atoms with Crippen LogP contribution in [0.1, 0.15) is 17.3 Å². The van der Waals surface area contributed by atoms with Crippen LogP contribution in [0.5, 0.6) is 0 Å². The second-order valence-corrected chi connectivity index (χ2v) is 6.41. The summed E-state index contributed by atoms with van der Waals surface area (Å²) in [6, 6.07) is 11.1. The van der Waals surface area contributed by atoms with Crippen molar-refractivity contribution in [1.82, 2.24) is 4.57 Å². The van der Waals surface area contributed by atoms with E-state index in [4.69, 9.17) is 11.6 Å². The highest BCUT2D eigenvalue weighted by Gasteiger charge is 2.12. The van der Waals surface area contributed by atoms with Crippen LogP contribution in [0.3, 0.4) is 0 Å². The molecule has 1 aromatic heterocycles. The van der Waals surface area contributed by atoms with Crippen LogP contribution in [0.2, 0.25) is 5.02 Å². The Morgan fingerprint density at radius 3 is 2.62 bits per heavy atom. The summed E-state index contributed by atoms with van der Waals surface area (Å²) in [4.78, 5) is 27.5. The standard InChI is InChI=1S/C16H12ClN3O3S/c1-2-19-13-9-12(20(22)23)7-8-14(13)24-16(19)18-15(21)10-3-5-11(17)6-4-10/h3-9H,2H2,1H3. The number of rotatable bonds is 3. The number of non-ortho nitro benzene ring substituents is 1. The molecule has 3 rings (SSSR count). The van der Waals surface area contributed by atoms with Gasteiger partial charge in [0.15, 0.2) is 4.80 Å². The molecule has 0 N–H and O–H groups in total. The van der Waals surface area contributed by atoms with Crippen molar-refractivity contribution in [3.05, 3.63) is 68.0 Å². The van der Waals surface area contributed by atoms with Crippen molar-refractivity contribution in [3.63, 3.8) is 0 Å². The highest BCUT2D eigenvalue weighted by molar-refractivity contribution is 7.16. The smallest absolute Gasteiger partial charge is 0.279 e. The number of fused-ring (bicyclic) bond motifs is 1. The first-order valence-electron chi connectivity index (χ1n) is 7.12. The van der Waals surface area contributed by atoms with Crippen LogP contribution < -0.4 is 4.80 Å². The van der Waals surface area contributed by atoms with Crippen molar-refractivity contribution < 1.29 is 9.72 Å². The second-order valence-electron chi connectivity index (χ2n) is 4.96. The molecule has 0 saturated heterocycles. The van der Waals surface area contributed by atoms with Crippen molar-refractivity contribution in [2.24, 2.45) is 4.99 Å². The predicted octanol–water partition coefficient (Wildman–Crippen LogP) is 4.03. The molecule has 6 nitrogen and oxygen atoms in total. The molecule has 1 amide bonds. The van der Waals surface area contributed by atoms with Crippen LogP contribution in [0.4, 0.5) is 5.69 Å². The molecule has 0 aliphatic rings. The maximum Gasteiger partial charge on any atom is 0.279 e. The molecule has 0 aliphatic carbocycles. The zero-order valence-electron chi connectivity index (χ0n) is 12.6. The lowest BCUT2D eigenvalue weighted by Crippen LogP contribution is -2.15. The molecule has 0 saturated carbocycles. The van der Waals surface area contributed by atoms with Gasteiger partial charge in [0.1, 0.15) is 0 Å². The SMILES string of the molecule is CCn1c(=NC(=O)c2ccc(Cl)cc2)sc2ccc([N+](=O)[O-])cc21. The molecule has 0 aliphatic heterocycles. The van der Waals surface area contributed by atoms with Gasteiger partial charge in [0.05, 0.1) is 15.1 Å². The summed E-state index contributed by atoms with van der Waals surface area (Å²) in [5, 5.41) is 11.5. The number of halogens is 1. The summed E-state index contributed by atoms with van der Waals surface area (Å²) < 4.78 is 2.63. The fourth-order valence-electron chi connectivity index (χ4n) is 2.31. The molecule has 122 valence electrons. The summed E-state index contributed by atoms with van der Waals surface area (Å²) in [7, 11) is 0. The monoisotopic (exact) mass is 361 g/mol. The van der Waals surface area contributed by atoms with Crippen LogP contribution in [0, 0.1) is 10.1 Å². The van der Waals surface area contributed by atoms with E-state index in [1.165, 1.54) is 23.5 Å². The van der Waals surface area contributed by atoms with Crippen LogP contribution in [0.25, 0.3) is 10.2 Å². The van der Waals surface area contributed by atoms with E-state index < -0.39 is 4.92 Å². The predicted molar refractivity (Wildman–Crippen MR) is 93.5 cm³/mol. The Balaban J connectivity index is 2.13. The quantitative estimate of drug-likeness (QED) is 0.522. The van der Waals surface area contributed by atoms with Gasteiger partial charge in [-0.2, -0.15) is 4.99 Å². The van der Waals surface area contributed by atoms with Gasteiger partial charge in [0.2, 0.25) is 0 Å². The van der Waals surface area contributed by atoms with Crippen molar-refractivity contribution in [2.45, 2.75) is 13.5 Å². The first-order chi connectivity index (χ1) is 11.5. The number of benzene rings is 2. The third kappa shape index (κ3) is 3.08. The highest BCUT2D eigenvalue weighted by atomic mass is 35.5. The Labute approximate surface area is 145 Å². The number of carbonyl (C=O) groups excluding carboxylic acids is 1. The van der Waals surface area contributed by atoms with Gasteiger partial charge in [0.25, 0.3) is 11.6 Å². The lowest BCUT2D eigenvalue weighted by Gasteiger charge is -2.00.